The summed E-state index contributed by atoms with van der Waals surface area (Å²) in [6, 6.07) is 5.67. The van der Waals surface area contributed by atoms with Gasteiger partial charge in [-0.1, -0.05) is 36.2 Å². The molecule has 1 aromatic heterocycles. The number of rotatable bonds is 5. The molecule has 1 heterocycles. The number of furan rings is 1. The Morgan fingerprint density at radius 3 is 2.38 bits per heavy atom. The van der Waals surface area contributed by atoms with Crippen molar-refractivity contribution in [3.63, 3.8) is 0 Å². The highest BCUT2D eigenvalue weighted by Crippen LogP contribution is 2.35. The molecule has 1 atom stereocenters. The minimum Gasteiger partial charge on any atom is -0.466 e. The highest BCUT2D eigenvalue weighted by Gasteiger charge is 2.24. The van der Waals surface area contributed by atoms with Crippen LogP contribution < -0.4 is 5.32 Å². The van der Waals surface area contributed by atoms with Crippen molar-refractivity contribution in [1.82, 2.24) is 5.32 Å². The molecule has 0 bridgehead atoms. The Hall–Kier alpha value is -0.960. The fourth-order valence-electron chi connectivity index (χ4n) is 2.63. The predicted molar refractivity (Wildman–Crippen MR) is 89.5 cm³/mol. The Labute approximate surface area is 136 Å². The zero-order valence-electron chi connectivity index (χ0n) is 12.9. The summed E-state index contributed by atoms with van der Waals surface area (Å²) >= 11 is 12.4. The van der Waals surface area contributed by atoms with Crippen LogP contribution in [0.3, 0.4) is 0 Å². The van der Waals surface area contributed by atoms with Gasteiger partial charge in [-0.15, -0.1) is 0 Å². The molecule has 2 rings (SSSR count). The van der Waals surface area contributed by atoms with Gasteiger partial charge in [-0.05, 0) is 57.0 Å². The van der Waals surface area contributed by atoms with Crippen molar-refractivity contribution in [2.24, 2.45) is 0 Å². The van der Waals surface area contributed by atoms with Gasteiger partial charge in [0.25, 0.3) is 0 Å². The summed E-state index contributed by atoms with van der Waals surface area (Å²) < 4.78 is 5.78. The van der Waals surface area contributed by atoms with Crippen LogP contribution in [-0.4, -0.2) is 6.54 Å². The minimum absolute atomic E-state index is 0.0205. The average molecular weight is 326 g/mol. The lowest BCUT2D eigenvalue weighted by Gasteiger charge is -2.21. The molecule has 0 fully saturated rings. The van der Waals surface area contributed by atoms with Crippen molar-refractivity contribution in [2.75, 3.05) is 6.54 Å². The van der Waals surface area contributed by atoms with E-state index in [1.807, 2.05) is 26.0 Å². The van der Waals surface area contributed by atoms with E-state index in [-0.39, 0.29) is 6.04 Å². The lowest BCUT2D eigenvalue weighted by Crippen LogP contribution is -2.24. The van der Waals surface area contributed by atoms with Gasteiger partial charge in [-0.3, -0.25) is 0 Å². The summed E-state index contributed by atoms with van der Waals surface area (Å²) in [5, 5.41) is 4.89. The standard InChI is InChI=1S/C17H21Cl2NO/c1-5-8-20-17(14-7-6-13(18)9-15(14)19)16-10(2)11(3)21-12(16)4/h6-7,9,17,20H,5,8H2,1-4H3. The van der Waals surface area contributed by atoms with Gasteiger partial charge in [0.15, 0.2) is 0 Å². The van der Waals surface area contributed by atoms with E-state index in [4.69, 9.17) is 27.6 Å². The predicted octanol–water partition coefficient (Wildman–Crippen LogP) is 5.60. The smallest absolute Gasteiger partial charge is 0.106 e. The second-order valence-electron chi connectivity index (χ2n) is 5.31. The van der Waals surface area contributed by atoms with E-state index in [9.17, 15) is 0 Å². The maximum Gasteiger partial charge on any atom is 0.106 e. The largest absolute Gasteiger partial charge is 0.466 e. The maximum atomic E-state index is 6.41. The van der Waals surface area contributed by atoms with Crippen molar-refractivity contribution < 1.29 is 4.42 Å². The van der Waals surface area contributed by atoms with Gasteiger partial charge in [0, 0.05) is 15.6 Å². The number of nitrogens with one attached hydrogen (secondary N) is 1. The average Bonchev–Trinajstić information content (AvgIpc) is 2.67. The molecule has 1 N–H and O–H groups in total. The van der Waals surface area contributed by atoms with E-state index >= 15 is 0 Å². The van der Waals surface area contributed by atoms with Gasteiger partial charge in [0.1, 0.15) is 11.5 Å². The highest BCUT2D eigenvalue weighted by molar-refractivity contribution is 6.35. The Balaban J connectivity index is 2.52. The second-order valence-corrected chi connectivity index (χ2v) is 6.15. The Morgan fingerprint density at radius 1 is 1.14 bits per heavy atom. The van der Waals surface area contributed by atoms with Crippen LogP contribution in [0.25, 0.3) is 0 Å². The van der Waals surface area contributed by atoms with E-state index in [0.29, 0.717) is 10.0 Å². The van der Waals surface area contributed by atoms with Crippen LogP contribution in [-0.2, 0) is 0 Å². The molecule has 0 aliphatic rings. The molecule has 2 aromatic rings. The lowest BCUT2D eigenvalue weighted by molar-refractivity contribution is 0.493. The maximum absolute atomic E-state index is 6.41. The Bertz CT molecular complexity index is 634. The summed E-state index contributed by atoms with van der Waals surface area (Å²) in [6.45, 7) is 9.14. The van der Waals surface area contributed by atoms with Gasteiger partial charge >= 0.3 is 0 Å². The van der Waals surface area contributed by atoms with Gasteiger partial charge in [0.2, 0.25) is 0 Å². The molecule has 1 aromatic carbocycles. The summed E-state index contributed by atoms with van der Waals surface area (Å²) in [6.07, 6.45) is 1.05. The molecule has 0 aliphatic heterocycles. The van der Waals surface area contributed by atoms with Crippen molar-refractivity contribution in [1.29, 1.82) is 0 Å². The van der Waals surface area contributed by atoms with Crippen molar-refractivity contribution in [2.45, 2.75) is 40.2 Å². The Morgan fingerprint density at radius 2 is 1.86 bits per heavy atom. The molecular formula is C17H21Cl2NO. The summed E-state index contributed by atoms with van der Waals surface area (Å²) in [4.78, 5) is 0. The third-order valence-electron chi connectivity index (χ3n) is 3.78. The first-order valence-electron chi connectivity index (χ1n) is 7.20. The molecule has 0 aliphatic carbocycles. The van der Waals surface area contributed by atoms with Crippen LogP contribution in [0.2, 0.25) is 10.0 Å². The Kier molecular flexibility index (Phi) is 5.37. The third kappa shape index (κ3) is 3.45. The molecule has 0 amide bonds. The molecule has 1 unspecified atom stereocenters. The number of halogens is 2. The number of hydrogen-bond acceptors (Lipinski definition) is 2. The first-order chi connectivity index (χ1) is 9.95. The number of benzene rings is 1. The third-order valence-corrected chi connectivity index (χ3v) is 4.34. The molecule has 0 saturated heterocycles. The topological polar surface area (TPSA) is 25.2 Å². The normalized spacial score (nSPS) is 12.7. The molecule has 0 saturated carbocycles. The number of hydrogen-bond donors (Lipinski definition) is 1. The van der Waals surface area contributed by atoms with E-state index < -0.39 is 0 Å². The van der Waals surface area contributed by atoms with E-state index in [1.54, 1.807) is 6.07 Å². The van der Waals surface area contributed by atoms with Gasteiger partial charge in [-0.2, -0.15) is 0 Å². The minimum atomic E-state index is 0.0205. The van der Waals surface area contributed by atoms with E-state index in [1.165, 1.54) is 11.1 Å². The summed E-state index contributed by atoms with van der Waals surface area (Å²) in [7, 11) is 0. The van der Waals surface area contributed by atoms with Crippen LogP contribution in [0.5, 0.6) is 0 Å². The van der Waals surface area contributed by atoms with Crippen molar-refractivity contribution >= 4 is 23.2 Å². The van der Waals surface area contributed by atoms with Crippen LogP contribution in [0.1, 0.15) is 47.6 Å². The van der Waals surface area contributed by atoms with Crippen LogP contribution >= 0.6 is 23.2 Å². The highest BCUT2D eigenvalue weighted by atomic mass is 35.5. The van der Waals surface area contributed by atoms with Gasteiger partial charge in [0.05, 0.1) is 6.04 Å². The first kappa shape index (κ1) is 16.4. The van der Waals surface area contributed by atoms with Crippen LogP contribution in [0, 0.1) is 20.8 Å². The van der Waals surface area contributed by atoms with Crippen molar-refractivity contribution in [3.05, 3.63) is 56.5 Å². The molecule has 0 spiro atoms. The molecular weight excluding hydrogens is 305 g/mol. The van der Waals surface area contributed by atoms with Gasteiger partial charge < -0.3 is 9.73 Å². The van der Waals surface area contributed by atoms with Gasteiger partial charge in [-0.25, -0.2) is 0 Å². The van der Waals surface area contributed by atoms with Crippen molar-refractivity contribution in [3.8, 4) is 0 Å². The lowest BCUT2D eigenvalue weighted by atomic mass is 9.95. The zero-order valence-corrected chi connectivity index (χ0v) is 14.4. The molecule has 2 nitrogen and oxygen atoms in total. The monoisotopic (exact) mass is 325 g/mol. The van der Waals surface area contributed by atoms with Crippen LogP contribution in [0.4, 0.5) is 0 Å². The molecule has 114 valence electrons. The fraction of sp³-hybridized carbons (Fsp3) is 0.412. The number of aryl methyl sites for hydroxylation is 2. The summed E-state index contributed by atoms with van der Waals surface area (Å²) in [5.41, 5.74) is 3.37. The molecule has 21 heavy (non-hydrogen) atoms. The fourth-order valence-corrected chi connectivity index (χ4v) is 3.14. The first-order valence-corrected chi connectivity index (χ1v) is 7.96. The van der Waals surface area contributed by atoms with E-state index in [2.05, 4.69) is 19.2 Å². The quantitative estimate of drug-likeness (QED) is 0.773. The SMILES string of the molecule is CCCNC(c1ccc(Cl)cc1Cl)c1c(C)oc(C)c1C. The van der Waals surface area contributed by atoms with Crippen LogP contribution in [0.15, 0.2) is 22.6 Å². The molecule has 4 heteroatoms. The summed E-state index contributed by atoms with van der Waals surface area (Å²) in [5.74, 6) is 1.89. The van der Waals surface area contributed by atoms with E-state index in [0.717, 1.165) is 30.0 Å². The second kappa shape index (κ2) is 6.87. The molecule has 0 radical (unpaired) electrons. The zero-order chi connectivity index (χ0) is 15.6.